The Labute approximate surface area is 106 Å². The van der Waals surface area contributed by atoms with Gasteiger partial charge in [-0.3, -0.25) is 4.90 Å². The van der Waals surface area contributed by atoms with Gasteiger partial charge in [0.25, 0.3) is 0 Å². The third kappa shape index (κ3) is 5.33. The van der Waals surface area contributed by atoms with Crippen molar-refractivity contribution in [2.75, 3.05) is 39.4 Å². The second kappa shape index (κ2) is 7.88. The molecule has 0 radical (unpaired) electrons. The number of morpholine rings is 1. The van der Waals surface area contributed by atoms with Crippen molar-refractivity contribution in [3.05, 3.63) is 0 Å². The average molecular weight is 259 g/mol. The van der Waals surface area contributed by atoms with Gasteiger partial charge in [-0.15, -0.1) is 0 Å². The van der Waals surface area contributed by atoms with Crippen LogP contribution in [-0.4, -0.2) is 67.4 Å². The molecule has 0 aliphatic carbocycles. The van der Waals surface area contributed by atoms with Crippen LogP contribution in [0.5, 0.6) is 0 Å². The third-order valence-corrected chi connectivity index (χ3v) is 2.83. The van der Waals surface area contributed by atoms with Crippen LogP contribution in [-0.2, 0) is 9.53 Å². The highest BCUT2D eigenvalue weighted by molar-refractivity contribution is 5.82. The molecule has 0 aromatic heterocycles. The molecule has 0 aromatic carbocycles. The lowest BCUT2D eigenvalue weighted by molar-refractivity contribution is -0.139. The first-order valence-corrected chi connectivity index (χ1v) is 6.20. The minimum Gasteiger partial charge on any atom is -0.480 e. The summed E-state index contributed by atoms with van der Waals surface area (Å²) in [6.07, 6.45) is 0.367. The lowest BCUT2D eigenvalue weighted by Crippen LogP contribution is -2.48. The van der Waals surface area contributed by atoms with Crippen LogP contribution in [0, 0.1) is 0 Å². The van der Waals surface area contributed by atoms with E-state index in [1.807, 2.05) is 0 Å². The third-order valence-electron chi connectivity index (χ3n) is 2.83. The number of nitrogens with zero attached hydrogens (tertiary/aromatic N) is 1. The number of ether oxygens (including phenoxy) is 1. The minimum atomic E-state index is -1.01. The Morgan fingerprint density at radius 1 is 1.39 bits per heavy atom. The van der Waals surface area contributed by atoms with Crippen molar-refractivity contribution in [2.24, 2.45) is 0 Å². The summed E-state index contributed by atoms with van der Waals surface area (Å²) in [5, 5.41) is 13.9. The molecule has 0 unspecified atom stereocenters. The predicted octanol–water partition coefficient (Wildman–Crippen LogP) is -0.519. The predicted molar refractivity (Wildman–Crippen MR) is 65.5 cm³/mol. The number of amides is 2. The molecule has 104 valence electrons. The smallest absolute Gasteiger partial charge is 0.326 e. The van der Waals surface area contributed by atoms with Crippen molar-refractivity contribution in [1.82, 2.24) is 15.5 Å². The Balaban J connectivity index is 2.14. The van der Waals surface area contributed by atoms with E-state index in [1.165, 1.54) is 0 Å². The summed E-state index contributed by atoms with van der Waals surface area (Å²) in [4.78, 5) is 24.3. The van der Waals surface area contributed by atoms with E-state index in [0.29, 0.717) is 13.0 Å². The summed E-state index contributed by atoms with van der Waals surface area (Å²) in [5.74, 6) is -1.01. The molecule has 0 bridgehead atoms. The van der Waals surface area contributed by atoms with Gasteiger partial charge in [0, 0.05) is 26.2 Å². The molecular formula is C11H21N3O4. The van der Waals surface area contributed by atoms with Crippen molar-refractivity contribution < 1.29 is 19.4 Å². The van der Waals surface area contributed by atoms with Gasteiger partial charge in [0.15, 0.2) is 0 Å². The molecule has 7 nitrogen and oxygen atoms in total. The molecule has 0 spiro atoms. The quantitative estimate of drug-likeness (QED) is 0.597. The Morgan fingerprint density at radius 3 is 2.61 bits per heavy atom. The molecule has 0 aromatic rings. The van der Waals surface area contributed by atoms with Gasteiger partial charge in [0.2, 0.25) is 0 Å². The first-order chi connectivity index (χ1) is 8.63. The molecule has 1 aliphatic rings. The topological polar surface area (TPSA) is 90.9 Å². The second-order valence-electron chi connectivity index (χ2n) is 4.15. The fourth-order valence-corrected chi connectivity index (χ4v) is 1.70. The van der Waals surface area contributed by atoms with Gasteiger partial charge in [-0.2, -0.15) is 0 Å². The number of carbonyl (C=O) groups excluding carboxylic acids is 1. The number of rotatable bonds is 6. The molecule has 0 saturated carbocycles. The number of aliphatic carboxylic acids is 1. The largest absolute Gasteiger partial charge is 0.480 e. The molecule has 1 heterocycles. The molecule has 3 N–H and O–H groups in total. The summed E-state index contributed by atoms with van der Waals surface area (Å²) < 4.78 is 5.21. The summed E-state index contributed by atoms with van der Waals surface area (Å²) in [7, 11) is 0. The fraction of sp³-hybridized carbons (Fsp3) is 0.818. The first kappa shape index (κ1) is 14.7. The first-order valence-electron chi connectivity index (χ1n) is 6.20. The lowest BCUT2D eigenvalue weighted by atomic mass is 10.2. The summed E-state index contributed by atoms with van der Waals surface area (Å²) in [5.41, 5.74) is 0. The monoisotopic (exact) mass is 259 g/mol. The van der Waals surface area contributed by atoms with E-state index in [0.717, 1.165) is 32.8 Å². The zero-order valence-corrected chi connectivity index (χ0v) is 10.6. The van der Waals surface area contributed by atoms with Crippen molar-refractivity contribution >= 4 is 12.0 Å². The number of hydrogen-bond donors (Lipinski definition) is 3. The van der Waals surface area contributed by atoms with Crippen molar-refractivity contribution in [2.45, 2.75) is 19.4 Å². The average Bonchev–Trinajstić information content (AvgIpc) is 2.37. The maximum absolute atomic E-state index is 11.4. The van der Waals surface area contributed by atoms with Crippen molar-refractivity contribution in [3.8, 4) is 0 Å². The van der Waals surface area contributed by atoms with Crippen LogP contribution in [0.2, 0.25) is 0 Å². The minimum absolute atomic E-state index is 0.367. The highest BCUT2D eigenvalue weighted by Gasteiger charge is 2.17. The van der Waals surface area contributed by atoms with E-state index in [2.05, 4.69) is 15.5 Å². The van der Waals surface area contributed by atoms with Gasteiger partial charge in [-0.1, -0.05) is 6.92 Å². The standard InChI is InChI=1S/C11H21N3O4/c1-2-9(10(15)16)13-11(17)12-3-4-14-5-7-18-8-6-14/h9H,2-8H2,1H3,(H,15,16)(H2,12,13,17)/t9-/m1/s1. The number of urea groups is 1. The molecule has 18 heavy (non-hydrogen) atoms. The van der Waals surface area contributed by atoms with E-state index in [9.17, 15) is 9.59 Å². The molecule has 1 rings (SSSR count). The van der Waals surface area contributed by atoms with E-state index < -0.39 is 18.0 Å². The molecule has 7 heteroatoms. The fourth-order valence-electron chi connectivity index (χ4n) is 1.70. The van der Waals surface area contributed by atoms with Gasteiger partial charge < -0.3 is 20.5 Å². The summed E-state index contributed by atoms with van der Waals surface area (Å²) in [6, 6.07) is -1.26. The molecule has 1 saturated heterocycles. The van der Waals surface area contributed by atoms with Gasteiger partial charge in [0.05, 0.1) is 13.2 Å². The molecular weight excluding hydrogens is 238 g/mol. The number of carbonyl (C=O) groups is 2. The normalized spacial score (nSPS) is 18.1. The van der Waals surface area contributed by atoms with Crippen LogP contribution in [0.15, 0.2) is 0 Å². The zero-order chi connectivity index (χ0) is 13.4. The van der Waals surface area contributed by atoms with Crippen LogP contribution in [0.1, 0.15) is 13.3 Å². The Hall–Kier alpha value is -1.34. The highest BCUT2D eigenvalue weighted by Crippen LogP contribution is 1.95. The Bertz CT molecular complexity index is 279. The van der Waals surface area contributed by atoms with Crippen LogP contribution in [0.4, 0.5) is 4.79 Å². The van der Waals surface area contributed by atoms with E-state index >= 15 is 0 Å². The highest BCUT2D eigenvalue weighted by atomic mass is 16.5. The maximum atomic E-state index is 11.4. The van der Waals surface area contributed by atoms with Crippen LogP contribution >= 0.6 is 0 Å². The van der Waals surface area contributed by atoms with Gasteiger partial charge in [-0.25, -0.2) is 9.59 Å². The second-order valence-corrected chi connectivity index (χ2v) is 4.15. The molecule has 2 amide bonds. The van der Waals surface area contributed by atoms with Crippen molar-refractivity contribution in [3.63, 3.8) is 0 Å². The zero-order valence-electron chi connectivity index (χ0n) is 10.6. The van der Waals surface area contributed by atoms with Crippen LogP contribution in [0.25, 0.3) is 0 Å². The van der Waals surface area contributed by atoms with Crippen LogP contribution < -0.4 is 10.6 Å². The van der Waals surface area contributed by atoms with E-state index in [4.69, 9.17) is 9.84 Å². The number of carboxylic acids is 1. The summed E-state index contributed by atoms with van der Waals surface area (Å²) >= 11 is 0. The van der Waals surface area contributed by atoms with Gasteiger partial charge >= 0.3 is 12.0 Å². The van der Waals surface area contributed by atoms with Crippen molar-refractivity contribution in [1.29, 1.82) is 0 Å². The maximum Gasteiger partial charge on any atom is 0.326 e. The Morgan fingerprint density at radius 2 is 2.06 bits per heavy atom. The number of carboxylic acid groups (broad SMARTS) is 1. The Kier molecular flexibility index (Phi) is 6.45. The molecule has 1 aliphatic heterocycles. The summed E-state index contributed by atoms with van der Waals surface area (Å²) in [6.45, 7) is 6.16. The number of hydrogen-bond acceptors (Lipinski definition) is 4. The van der Waals surface area contributed by atoms with Gasteiger partial charge in [-0.05, 0) is 6.42 Å². The SMILES string of the molecule is CC[C@@H](NC(=O)NCCN1CCOCC1)C(=O)O. The van der Waals surface area contributed by atoms with Gasteiger partial charge in [0.1, 0.15) is 6.04 Å². The molecule has 1 atom stereocenters. The molecule has 1 fully saturated rings. The number of nitrogens with one attached hydrogen (secondary N) is 2. The van der Waals surface area contributed by atoms with E-state index in [-0.39, 0.29) is 0 Å². The van der Waals surface area contributed by atoms with E-state index in [1.54, 1.807) is 6.92 Å². The lowest BCUT2D eigenvalue weighted by Gasteiger charge is -2.26. The van der Waals surface area contributed by atoms with Crippen LogP contribution in [0.3, 0.4) is 0 Å².